The topological polar surface area (TPSA) is 102 Å². The van der Waals surface area contributed by atoms with Crippen LogP contribution in [0.1, 0.15) is 31.8 Å². The molecule has 0 aliphatic rings. The zero-order valence-corrected chi connectivity index (χ0v) is 17.0. The number of carbonyl (C=O) groups excluding carboxylic acids is 2. The minimum atomic E-state index is -0.332. The number of pyridine rings is 1. The van der Waals surface area contributed by atoms with Crippen LogP contribution >= 0.6 is 0 Å². The normalized spacial score (nSPS) is 10.5. The third kappa shape index (κ3) is 4.32. The van der Waals surface area contributed by atoms with E-state index in [2.05, 4.69) is 25.7 Å². The van der Waals surface area contributed by atoms with E-state index in [9.17, 15) is 9.59 Å². The molecule has 2 N–H and O–H groups in total. The Morgan fingerprint density at radius 1 is 0.774 bits per heavy atom. The predicted octanol–water partition coefficient (Wildman–Crippen LogP) is 3.78. The Balaban J connectivity index is 1.66. The molecule has 0 fully saturated rings. The van der Waals surface area contributed by atoms with Gasteiger partial charge in [0.2, 0.25) is 5.95 Å². The Labute approximate surface area is 179 Å². The summed E-state index contributed by atoms with van der Waals surface area (Å²) in [5, 5.41) is 9.87. The van der Waals surface area contributed by atoms with Gasteiger partial charge in [-0.25, -0.2) is 0 Å². The molecule has 8 nitrogen and oxygen atoms in total. The van der Waals surface area contributed by atoms with Crippen molar-refractivity contribution < 1.29 is 9.59 Å². The average molecular weight is 412 g/mol. The van der Waals surface area contributed by atoms with E-state index >= 15 is 0 Å². The van der Waals surface area contributed by atoms with Crippen LogP contribution in [0.15, 0.2) is 73.1 Å². The number of rotatable bonds is 5. The van der Waals surface area contributed by atoms with Crippen LogP contribution in [0.3, 0.4) is 0 Å². The first-order valence-corrected chi connectivity index (χ1v) is 9.64. The second kappa shape index (κ2) is 8.58. The van der Waals surface area contributed by atoms with Gasteiger partial charge in [0.25, 0.3) is 17.8 Å². The van der Waals surface area contributed by atoms with E-state index in [1.54, 1.807) is 48.8 Å². The van der Waals surface area contributed by atoms with E-state index in [1.165, 1.54) is 4.68 Å². The van der Waals surface area contributed by atoms with Crippen LogP contribution in [0.2, 0.25) is 0 Å². The van der Waals surface area contributed by atoms with Crippen molar-refractivity contribution in [2.45, 2.75) is 13.8 Å². The van der Waals surface area contributed by atoms with Crippen molar-refractivity contribution in [2.75, 3.05) is 10.6 Å². The summed E-state index contributed by atoms with van der Waals surface area (Å²) >= 11 is 0. The van der Waals surface area contributed by atoms with Gasteiger partial charge in [0, 0.05) is 23.5 Å². The first-order chi connectivity index (χ1) is 15.0. The second-order valence-corrected chi connectivity index (χ2v) is 6.91. The SMILES string of the molecule is Cc1ccccc1C(=O)Nc1nc(NC(=O)c2ccccc2C)n(-c2ccncc2)n1. The van der Waals surface area contributed by atoms with Crippen molar-refractivity contribution >= 4 is 23.7 Å². The third-order valence-corrected chi connectivity index (χ3v) is 4.74. The fraction of sp³-hybridized carbons (Fsp3) is 0.0870. The highest BCUT2D eigenvalue weighted by molar-refractivity contribution is 6.06. The molecule has 2 heterocycles. The lowest BCUT2D eigenvalue weighted by molar-refractivity contribution is 0.101. The molecule has 2 amide bonds. The first kappa shape index (κ1) is 20.0. The van der Waals surface area contributed by atoms with Crippen LogP contribution in [0.5, 0.6) is 0 Å². The average Bonchev–Trinajstić information content (AvgIpc) is 3.16. The molecule has 4 aromatic rings. The molecule has 8 heteroatoms. The number of nitrogens with one attached hydrogen (secondary N) is 2. The molecule has 0 radical (unpaired) electrons. The molecule has 0 aliphatic carbocycles. The van der Waals surface area contributed by atoms with Gasteiger partial charge < -0.3 is 0 Å². The summed E-state index contributed by atoms with van der Waals surface area (Å²) in [4.78, 5) is 33.9. The quantitative estimate of drug-likeness (QED) is 0.519. The molecule has 0 saturated carbocycles. The third-order valence-electron chi connectivity index (χ3n) is 4.74. The number of hydrogen-bond acceptors (Lipinski definition) is 5. The number of aromatic nitrogens is 4. The maximum atomic E-state index is 12.8. The molecule has 2 aromatic carbocycles. The van der Waals surface area contributed by atoms with Crippen molar-refractivity contribution in [1.82, 2.24) is 19.7 Å². The standard InChI is InChI=1S/C23H20N6O2/c1-15-7-3-5-9-18(15)20(30)25-22-27-23(29(28-22)17-11-13-24-14-12-17)26-21(31)19-10-6-4-8-16(19)2/h3-14H,1-2H3,(H2,25,26,27,28,30,31). The number of nitrogens with zero attached hydrogens (tertiary/aromatic N) is 4. The van der Waals surface area contributed by atoms with Crippen molar-refractivity contribution in [3.8, 4) is 5.69 Å². The van der Waals surface area contributed by atoms with Gasteiger partial charge in [0.05, 0.1) is 5.69 Å². The van der Waals surface area contributed by atoms with Crippen LogP contribution in [0, 0.1) is 13.8 Å². The fourth-order valence-corrected chi connectivity index (χ4v) is 3.10. The lowest BCUT2D eigenvalue weighted by atomic mass is 10.1. The molecule has 0 bridgehead atoms. The zero-order chi connectivity index (χ0) is 21.8. The van der Waals surface area contributed by atoms with Crippen molar-refractivity contribution in [3.63, 3.8) is 0 Å². The summed E-state index contributed by atoms with van der Waals surface area (Å²) < 4.78 is 1.45. The van der Waals surface area contributed by atoms with E-state index in [-0.39, 0.29) is 23.7 Å². The lowest BCUT2D eigenvalue weighted by Crippen LogP contribution is -2.17. The number of hydrogen-bond donors (Lipinski definition) is 2. The van der Waals surface area contributed by atoms with E-state index in [0.29, 0.717) is 16.8 Å². The maximum Gasteiger partial charge on any atom is 0.258 e. The molecule has 4 rings (SSSR count). The predicted molar refractivity (Wildman–Crippen MR) is 117 cm³/mol. The van der Waals surface area contributed by atoms with Gasteiger partial charge in [-0.15, -0.1) is 5.10 Å². The van der Waals surface area contributed by atoms with Crippen molar-refractivity contribution in [3.05, 3.63) is 95.3 Å². The number of anilines is 2. The number of amides is 2. The lowest BCUT2D eigenvalue weighted by Gasteiger charge is -2.08. The van der Waals surface area contributed by atoms with Gasteiger partial charge in [-0.3, -0.25) is 25.2 Å². The van der Waals surface area contributed by atoms with Crippen LogP contribution in [0.25, 0.3) is 5.69 Å². The Morgan fingerprint density at radius 2 is 1.32 bits per heavy atom. The highest BCUT2D eigenvalue weighted by Gasteiger charge is 2.18. The van der Waals surface area contributed by atoms with Gasteiger partial charge in [-0.1, -0.05) is 36.4 Å². The fourth-order valence-electron chi connectivity index (χ4n) is 3.10. The highest BCUT2D eigenvalue weighted by Crippen LogP contribution is 2.18. The van der Waals surface area contributed by atoms with Crippen LogP contribution < -0.4 is 10.6 Å². The van der Waals surface area contributed by atoms with E-state index in [4.69, 9.17) is 0 Å². The Morgan fingerprint density at radius 3 is 1.90 bits per heavy atom. The first-order valence-electron chi connectivity index (χ1n) is 9.64. The van der Waals surface area contributed by atoms with Gasteiger partial charge >= 0.3 is 0 Å². The van der Waals surface area contributed by atoms with Crippen LogP contribution in [-0.4, -0.2) is 31.6 Å². The molecule has 0 spiro atoms. The smallest absolute Gasteiger partial charge is 0.258 e. The number of benzene rings is 2. The molecule has 154 valence electrons. The summed E-state index contributed by atoms with van der Waals surface area (Å²) in [5.74, 6) is -0.399. The minimum Gasteiger partial charge on any atom is -0.290 e. The molecule has 2 aromatic heterocycles. The highest BCUT2D eigenvalue weighted by atomic mass is 16.2. The molecule has 0 unspecified atom stereocenters. The maximum absolute atomic E-state index is 12.8. The van der Waals surface area contributed by atoms with Gasteiger partial charge in [-0.05, 0) is 49.2 Å². The second-order valence-electron chi connectivity index (χ2n) is 6.91. The molecule has 0 aliphatic heterocycles. The summed E-state index contributed by atoms with van der Waals surface area (Å²) in [7, 11) is 0. The number of carbonyl (C=O) groups is 2. The molecular formula is C23H20N6O2. The van der Waals surface area contributed by atoms with Gasteiger partial charge in [-0.2, -0.15) is 9.67 Å². The van der Waals surface area contributed by atoms with Crippen LogP contribution in [-0.2, 0) is 0 Å². The van der Waals surface area contributed by atoms with Gasteiger partial charge in [0.1, 0.15) is 0 Å². The van der Waals surface area contributed by atoms with Crippen LogP contribution in [0.4, 0.5) is 11.9 Å². The van der Waals surface area contributed by atoms with E-state index < -0.39 is 0 Å². The largest absolute Gasteiger partial charge is 0.290 e. The van der Waals surface area contributed by atoms with Crippen molar-refractivity contribution in [2.24, 2.45) is 0 Å². The summed E-state index contributed by atoms with van der Waals surface area (Å²) in [6.07, 6.45) is 3.21. The Kier molecular flexibility index (Phi) is 5.53. The molecule has 0 atom stereocenters. The van der Waals surface area contributed by atoms with E-state index in [1.807, 2.05) is 38.1 Å². The molecular weight excluding hydrogens is 392 g/mol. The monoisotopic (exact) mass is 412 g/mol. The molecule has 0 saturated heterocycles. The number of aryl methyl sites for hydroxylation is 2. The molecule has 31 heavy (non-hydrogen) atoms. The zero-order valence-electron chi connectivity index (χ0n) is 17.0. The summed E-state index contributed by atoms with van der Waals surface area (Å²) in [6, 6.07) is 17.9. The van der Waals surface area contributed by atoms with Gasteiger partial charge in [0.15, 0.2) is 0 Å². The van der Waals surface area contributed by atoms with E-state index in [0.717, 1.165) is 11.1 Å². The van der Waals surface area contributed by atoms with Crippen molar-refractivity contribution in [1.29, 1.82) is 0 Å². The Hall–Kier alpha value is -4.33. The Bertz CT molecular complexity index is 1250. The summed E-state index contributed by atoms with van der Waals surface area (Å²) in [6.45, 7) is 3.71. The minimum absolute atomic E-state index is 0.0742. The summed E-state index contributed by atoms with van der Waals surface area (Å²) in [5.41, 5.74) is 3.36.